The smallest absolute Gasteiger partial charge is 0.335 e. The van der Waals surface area contributed by atoms with Crippen molar-refractivity contribution in [3.8, 4) is 22.4 Å². The number of aromatic carboxylic acids is 1. The topological polar surface area (TPSA) is 156 Å². The van der Waals surface area contributed by atoms with Gasteiger partial charge in [-0.3, -0.25) is 4.68 Å². The molecule has 1 aromatic carbocycles. The summed E-state index contributed by atoms with van der Waals surface area (Å²) in [5.41, 5.74) is 9.14. The lowest BCUT2D eigenvalue weighted by molar-refractivity contribution is 0.0695. The molecule has 0 amide bonds. The molecule has 4 aromatic heterocycles. The minimum absolute atomic E-state index is 0.000606. The van der Waals surface area contributed by atoms with Crippen LogP contribution in [0.2, 0.25) is 0 Å². The maximum atomic E-state index is 11.3. The summed E-state index contributed by atoms with van der Waals surface area (Å²) >= 11 is 0. The van der Waals surface area contributed by atoms with Crippen molar-refractivity contribution in [3.63, 3.8) is 0 Å². The second-order valence-corrected chi connectivity index (χ2v) is 8.18. The molecule has 0 bridgehead atoms. The minimum Gasteiger partial charge on any atom is -0.478 e. The number of hydrogen-bond donors (Lipinski definition) is 4. The number of aryl methyl sites for hydroxylation is 1. The number of nitrogen functional groups attached to an aromatic ring is 1. The van der Waals surface area contributed by atoms with Crippen LogP contribution in [0.4, 0.5) is 5.95 Å². The third-order valence-corrected chi connectivity index (χ3v) is 5.78. The van der Waals surface area contributed by atoms with Crippen LogP contribution < -0.4 is 5.73 Å². The SMILES string of the molecule is Cn1cc(-c2cnc3[nH]cc(-c4cc(C(C)(O)c5ccc(C(=O)O)cc5)nc(N)n4)c3c2)cn1. The quantitative estimate of drug-likeness (QED) is 0.315. The summed E-state index contributed by atoms with van der Waals surface area (Å²) in [5.74, 6) is -1.04. The number of carboxylic acids is 1. The highest BCUT2D eigenvalue weighted by molar-refractivity contribution is 5.95. The molecule has 0 aliphatic rings. The van der Waals surface area contributed by atoms with Gasteiger partial charge in [-0.25, -0.2) is 19.7 Å². The largest absolute Gasteiger partial charge is 0.478 e. The molecule has 10 heteroatoms. The number of rotatable bonds is 5. The summed E-state index contributed by atoms with van der Waals surface area (Å²) < 4.78 is 1.72. The number of nitrogens with zero attached hydrogens (tertiary/aromatic N) is 5. The normalized spacial score (nSPS) is 13.1. The third-order valence-electron chi connectivity index (χ3n) is 5.78. The van der Waals surface area contributed by atoms with E-state index in [0.29, 0.717) is 16.9 Å². The van der Waals surface area contributed by atoms with Crippen LogP contribution in [-0.2, 0) is 12.6 Å². The van der Waals surface area contributed by atoms with Gasteiger partial charge < -0.3 is 20.9 Å². The van der Waals surface area contributed by atoms with Crippen LogP contribution >= 0.6 is 0 Å². The predicted molar refractivity (Wildman–Crippen MR) is 126 cm³/mol. The van der Waals surface area contributed by atoms with Crippen LogP contribution in [-0.4, -0.2) is 45.9 Å². The molecule has 5 N–H and O–H groups in total. The van der Waals surface area contributed by atoms with Gasteiger partial charge in [-0.1, -0.05) is 12.1 Å². The fourth-order valence-corrected chi connectivity index (χ4v) is 3.88. The van der Waals surface area contributed by atoms with Crippen LogP contribution in [0.3, 0.4) is 0 Å². The Morgan fingerprint density at radius 3 is 2.56 bits per heavy atom. The Kier molecular flexibility index (Phi) is 4.87. The van der Waals surface area contributed by atoms with Crippen molar-refractivity contribution in [2.45, 2.75) is 12.5 Å². The molecule has 5 rings (SSSR count). The summed E-state index contributed by atoms with van der Waals surface area (Å²) in [7, 11) is 1.85. The maximum Gasteiger partial charge on any atom is 0.335 e. The van der Waals surface area contributed by atoms with E-state index < -0.39 is 11.6 Å². The summed E-state index contributed by atoms with van der Waals surface area (Å²) in [6, 6.07) is 9.63. The maximum absolute atomic E-state index is 11.3. The molecular formula is C24H21N7O3. The van der Waals surface area contributed by atoms with Crippen molar-refractivity contribution in [2.75, 3.05) is 5.73 Å². The van der Waals surface area contributed by atoms with Gasteiger partial charge in [0.1, 0.15) is 11.2 Å². The number of H-pyrrole nitrogens is 1. The second-order valence-electron chi connectivity index (χ2n) is 8.18. The zero-order valence-electron chi connectivity index (χ0n) is 18.4. The van der Waals surface area contributed by atoms with Crippen molar-refractivity contribution in [1.29, 1.82) is 0 Å². The van der Waals surface area contributed by atoms with E-state index in [4.69, 9.17) is 10.8 Å². The van der Waals surface area contributed by atoms with Gasteiger partial charge >= 0.3 is 5.97 Å². The van der Waals surface area contributed by atoms with E-state index in [1.54, 1.807) is 48.4 Å². The molecule has 0 aliphatic carbocycles. The highest BCUT2D eigenvalue weighted by atomic mass is 16.4. The van der Waals surface area contributed by atoms with Crippen LogP contribution in [0.5, 0.6) is 0 Å². The van der Waals surface area contributed by atoms with Crippen LogP contribution in [0.15, 0.2) is 61.2 Å². The van der Waals surface area contributed by atoms with Crippen molar-refractivity contribution in [2.24, 2.45) is 7.05 Å². The van der Waals surface area contributed by atoms with Gasteiger partial charge in [0.25, 0.3) is 0 Å². The monoisotopic (exact) mass is 455 g/mol. The minimum atomic E-state index is -1.53. The Hall–Kier alpha value is -4.57. The zero-order chi connectivity index (χ0) is 24.0. The van der Waals surface area contributed by atoms with Crippen LogP contribution in [0.25, 0.3) is 33.4 Å². The van der Waals surface area contributed by atoms with Gasteiger partial charge in [-0.15, -0.1) is 0 Å². The summed E-state index contributed by atoms with van der Waals surface area (Å²) in [6.45, 7) is 1.58. The van der Waals surface area contributed by atoms with Gasteiger partial charge in [-0.2, -0.15) is 5.10 Å². The van der Waals surface area contributed by atoms with Gasteiger partial charge in [0.15, 0.2) is 0 Å². The predicted octanol–water partition coefficient (Wildman–Crippen LogP) is 2.96. The molecule has 34 heavy (non-hydrogen) atoms. The standard InChI is InChI=1S/C24H21N7O3/c1-24(34,16-5-3-13(4-6-16)22(32)33)20-8-19(29-23(25)30-20)18-11-27-21-17(18)7-14(9-26-21)15-10-28-31(2)12-15/h3-12,34H,1-2H3,(H,26,27)(H,32,33)(H2,25,29,30). The fourth-order valence-electron chi connectivity index (χ4n) is 3.88. The van der Waals surface area contributed by atoms with Crippen molar-refractivity contribution in [1.82, 2.24) is 29.7 Å². The first kappa shape index (κ1) is 21.3. The number of hydrogen-bond acceptors (Lipinski definition) is 7. The molecule has 170 valence electrons. The number of aliphatic hydroxyl groups is 1. The number of nitrogens with two attached hydrogens (primary N) is 1. The van der Waals surface area contributed by atoms with Gasteiger partial charge in [0, 0.05) is 47.7 Å². The molecule has 0 fully saturated rings. The van der Waals surface area contributed by atoms with E-state index in [1.165, 1.54) is 12.1 Å². The number of carbonyl (C=O) groups is 1. The van der Waals surface area contributed by atoms with Gasteiger partial charge in [-0.05, 0) is 36.8 Å². The molecule has 0 spiro atoms. The lowest BCUT2D eigenvalue weighted by atomic mass is 9.90. The first-order valence-corrected chi connectivity index (χ1v) is 10.4. The van der Waals surface area contributed by atoms with E-state index in [9.17, 15) is 9.90 Å². The number of aromatic nitrogens is 6. The number of fused-ring (bicyclic) bond motifs is 1. The molecule has 0 saturated heterocycles. The Bertz CT molecular complexity index is 1530. The Morgan fingerprint density at radius 2 is 1.88 bits per heavy atom. The number of benzene rings is 1. The molecule has 0 saturated carbocycles. The molecule has 1 atom stereocenters. The Balaban J connectivity index is 1.59. The summed E-state index contributed by atoms with van der Waals surface area (Å²) in [6.07, 6.45) is 7.23. The second kappa shape index (κ2) is 7.78. The zero-order valence-corrected chi connectivity index (χ0v) is 18.4. The average molecular weight is 455 g/mol. The van der Waals surface area contributed by atoms with Gasteiger partial charge in [0.2, 0.25) is 5.95 Å². The number of carboxylic acid groups (broad SMARTS) is 1. The van der Waals surface area contributed by atoms with E-state index >= 15 is 0 Å². The number of aromatic amines is 1. The molecule has 0 radical (unpaired) electrons. The molecule has 0 aliphatic heterocycles. The van der Waals surface area contributed by atoms with E-state index in [2.05, 4.69) is 25.0 Å². The van der Waals surface area contributed by atoms with E-state index in [0.717, 1.165) is 22.1 Å². The number of nitrogens with one attached hydrogen (secondary N) is 1. The summed E-state index contributed by atoms with van der Waals surface area (Å²) in [5, 5.41) is 25.5. The number of anilines is 1. The van der Waals surface area contributed by atoms with Crippen molar-refractivity contribution in [3.05, 3.63) is 78.0 Å². The van der Waals surface area contributed by atoms with Crippen molar-refractivity contribution < 1.29 is 15.0 Å². The lowest BCUT2D eigenvalue weighted by Gasteiger charge is -2.24. The van der Waals surface area contributed by atoms with E-state index in [1.807, 2.05) is 19.3 Å². The molecule has 10 nitrogen and oxygen atoms in total. The van der Waals surface area contributed by atoms with Crippen molar-refractivity contribution >= 4 is 23.0 Å². The highest BCUT2D eigenvalue weighted by Gasteiger charge is 2.29. The highest BCUT2D eigenvalue weighted by Crippen LogP contribution is 2.34. The molecule has 4 heterocycles. The Labute approximate surface area is 193 Å². The van der Waals surface area contributed by atoms with E-state index in [-0.39, 0.29) is 17.2 Å². The average Bonchev–Trinajstić information content (AvgIpc) is 3.44. The number of pyridine rings is 1. The third kappa shape index (κ3) is 3.65. The summed E-state index contributed by atoms with van der Waals surface area (Å²) in [4.78, 5) is 27.5. The van der Waals surface area contributed by atoms with Crippen LogP contribution in [0.1, 0.15) is 28.5 Å². The van der Waals surface area contributed by atoms with Gasteiger partial charge in [0.05, 0.1) is 23.1 Å². The molecule has 1 unspecified atom stereocenters. The Morgan fingerprint density at radius 1 is 1.12 bits per heavy atom. The molecule has 5 aromatic rings. The molecular weight excluding hydrogens is 434 g/mol. The first-order valence-electron chi connectivity index (χ1n) is 10.4. The fraction of sp³-hybridized carbons (Fsp3) is 0.125. The first-order chi connectivity index (χ1) is 16.2. The van der Waals surface area contributed by atoms with Crippen LogP contribution in [0, 0.1) is 0 Å². The lowest BCUT2D eigenvalue weighted by Crippen LogP contribution is -2.25.